The van der Waals surface area contributed by atoms with Crippen LogP contribution in [0, 0.1) is 20.8 Å². The number of furan rings is 1. The number of nitrogens with zero attached hydrogens (tertiary/aromatic N) is 1. The normalized spacial score (nSPS) is 10.6. The molecule has 0 spiro atoms. The smallest absolute Gasteiger partial charge is 0.257 e. The molecule has 1 aromatic carbocycles. The summed E-state index contributed by atoms with van der Waals surface area (Å²) in [5, 5.41) is 2.85. The molecule has 6 nitrogen and oxygen atoms in total. The van der Waals surface area contributed by atoms with Crippen LogP contribution >= 0.6 is 0 Å². The lowest BCUT2D eigenvalue weighted by Gasteiger charge is -2.22. The maximum absolute atomic E-state index is 12.8. The van der Waals surface area contributed by atoms with E-state index in [0.29, 0.717) is 36.8 Å². The lowest BCUT2D eigenvalue weighted by molar-refractivity contribution is -0.116. The molecule has 2 amide bonds. The Balaban J connectivity index is 1.98. The van der Waals surface area contributed by atoms with E-state index in [1.807, 2.05) is 31.2 Å². The molecular weight excluding hydrogens is 332 g/mol. The Bertz CT molecular complexity index is 750. The SMILES string of the molecule is COCCN(CCC(=O)Nc1ccc(C)cc1)C(=O)c1cc(C)oc1C. The van der Waals surface area contributed by atoms with Crippen molar-refractivity contribution < 1.29 is 18.7 Å². The van der Waals surface area contributed by atoms with Crippen molar-refractivity contribution in [3.63, 3.8) is 0 Å². The molecule has 0 bridgehead atoms. The van der Waals surface area contributed by atoms with Crippen molar-refractivity contribution in [3.05, 3.63) is 53.0 Å². The number of aryl methyl sites for hydroxylation is 3. The Morgan fingerprint density at radius 1 is 1.12 bits per heavy atom. The first kappa shape index (κ1) is 19.7. The molecule has 140 valence electrons. The van der Waals surface area contributed by atoms with Crippen molar-refractivity contribution in [2.45, 2.75) is 27.2 Å². The number of anilines is 1. The monoisotopic (exact) mass is 358 g/mol. The molecule has 1 N–H and O–H groups in total. The number of ether oxygens (including phenoxy) is 1. The summed E-state index contributed by atoms with van der Waals surface area (Å²) in [6.45, 7) is 6.68. The summed E-state index contributed by atoms with van der Waals surface area (Å²) >= 11 is 0. The quantitative estimate of drug-likeness (QED) is 0.786. The predicted octanol–water partition coefficient (Wildman–Crippen LogP) is 3.32. The average molecular weight is 358 g/mol. The Morgan fingerprint density at radius 3 is 2.38 bits per heavy atom. The standard InChI is InChI=1S/C20H26N2O4/c1-14-5-7-17(8-6-14)21-19(23)9-10-22(11-12-25-4)20(24)18-13-15(2)26-16(18)3/h5-8,13H,9-12H2,1-4H3,(H,21,23). The second-order valence-electron chi connectivity index (χ2n) is 6.28. The molecule has 2 aromatic rings. The van der Waals surface area contributed by atoms with Crippen LogP contribution in [0.4, 0.5) is 5.69 Å². The highest BCUT2D eigenvalue weighted by Crippen LogP contribution is 2.16. The average Bonchev–Trinajstić information content (AvgIpc) is 2.95. The molecule has 6 heteroatoms. The van der Waals surface area contributed by atoms with Crippen LogP contribution in [0.5, 0.6) is 0 Å². The summed E-state index contributed by atoms with van der Waals surface area (Å²) in [5.41, 5.74) is 2.40. The lowest BCUT2D eigenvalue weighted by atomic mass is 10.2. The van der Waals surface area contributed by atoms with Crippen molar-refractivity contribution >= 4 is 17.5 Å². The summed E-state index contributed by atoms with van der Waals surface area (Å²) in [5.74, 6) is 0.984. The van der Waals surface area contributed by atoms with Gasteiger partial charge in [-0.15, -0.1) is 0 Å². The number of amides is 2. The lowest BCUT2D eigenvalue weighted by Crippen LogP contribution is -2.36. The number of hydrogen-bond donors (Lipinski definition) is 1. The molecule has 0 unspecified atom stereocenters. The van der Waals surface area contributed by atoms with Crippen LogP contribution in [0.15, 0.2) is 34.7 Å². The van der Waals surface area contributed by atoms with Crippen LogP contribution < -0.4 is 5.32 Å². The third-order valence-electron chi connectivity index (χ3n) is 4.07. The summed E-state index contributed by atoms with van der Waals surface area (Å²) in [6.07, 6.45) is 0.208. The minimum atomic E-state index is -0.153. The number of carbonyl (C=O) groups excluding carboxylic acids is 2. The van der Waals surface area contributed by atoms with Gasteiger partial charge in [0, 0.05) is 32.3 Å². The van der Waals surface area contributed by atoms with E-state index in [2.05, 4.69) is 5.32 Å². The van der Waals surface area contributed by atoms with Crippen LogP contribution in [0.1, 0.15) is 33.9 Å². The first-order valence-electron chi connectivity index (χ1n) is 8.62. The third-order valence-corrected chi connectivity index (χ3v) is 4.07. The van der Waals surface area contributed by atoms with Gasteiger partial charge in [0.25, 0.3) is 5.91 Å². The van der Waals surface area contributed by atoms with Crippen molar-refractivity contribution in [3.8, 4) is 0 Å². The van der Waals surface area contributed by atoms with E-state index in [9.17, 15) is 9.59 Å². The summed E-state index contributed by atoms with van der Waals surface area (Å²) in [7, 11) is 1.58. The van der Waals surface area contributed by atoms with E-state index in [4.69, 9.17) is 9.15 Å². The molecule has 1 aromatic heterocycles. The van der Waals surface area contributed by atoms with Crippen molar-refractivity contribution in [2.75, 3.05) is 32.1 Å². The molecule has 0 aliphatic carbocycles. The van der Waals surface area contributed by atoms with Crippen molar-refractivity contribution in [2.24, 2.45) is 0 Å². The van der Waals surface area contributed by atoms with Crippen LogP contribution in [-0.4, -0.2) is 43.5 Å². The molecule has 0 saturated carbocycles. The Hall–Kier alpha value is -2.60. The van der Waals surface area contributed by atoms with Gasteiger partial charge in [-0.2, -0.15) is 0 Å². The summed E-state index contributed by atoms with van der Waals surface area (Å²) < 4.78 is 10.5. The maximum atomic E-state index is 12.8. The number of nitrogens with one attached hydrogen (secondary N) is 1. The van der Waals surface area contributed by atoms with Gasteiger partial charge in [0.1, 0.15) is 11.5 Å². The van der Waals surface area contributed by atoms with Crippen LogP contribution in [0.2, 0.25) is 0 Å². The second-order valence-corrected chi connectivity index (χ2v) is 6.28. The van der Waals surface area contributed by atoms with Crippen molar-refractivity contribution in [1.29, 1.82) is 0 Å². The minimum Gasteiger partial charge on any atom is -0.466 e. The highest BCUT2D eigenvalue weighted by molar-refractivity contribution is 5.96. The summed E-state index contributed by atoms with van der Waals surface area (Å²) in [4.78, 5) is 26.6. The van der Waals surface area contributed by atoms with Gasteiger partial charge in [0.2, 0.25) is 5.91 Å². The molecule has 0 aliphatic rings. The molecule has 2 rings (SSSR count). The van der Waals surface area contributed by atoms with Gasteiger partial charge < -0.3 is 19.4 Å². The molecular formula is C20H26N2O4. The van der Waals surface area contributed by atoms with Crippen LogP contribution in [0.3, 0.4) is 0 Å². The topological polar surface area (TPSA) is 71.8 Å². The Morgan fingerprint density at radius 2 is 1.81 bits per heavy atom. The minimum absolute atomic E-state index is 0.135. The number of carbonyl (C=O) groups is 2. The van der Waals surface area contributed by atoms with Gasteiger partial charge in [-0.1, -0.05) is 17.7 Å². The molecule has 0 fully saturated rings. The molecule has 0 aliphatic heterocycles. The number of rotatable bonds is 8. The van der Waals surface area contributed by atoms with Gasteiger partial charge in [0.15, 0.2) is 0 Å². The van der Waals surface area contributed by atoms with E-state index in [1.165, 1.54) is 0 Å². The fraction of sp³-hybridized carbons (Fsp3) is 0.400. The fourth-order valence-electron chi connectivity index (χ4n) is 2.63. The van der Waals surface area contributed by atoms with Gasteiger partial charge in [-0.05, 0) is 39.0 Å². The first-order chi connectivity index (χ1) is 12.4. The zero-order valence-corrected chi connectivity index (χ0v) is 15.8. The van der Waals surface area contributed by atoms with E-state index in [-0.39, 0.29) is 18.2 Å². The highest BCUT2D eigenvalue weighted by atomic mass is 16.5. The number of hydrogen-bond acceptors (Lipinski definition) is 4. The maximum Gasteiger partial charge on any atom is 0.257 e. The fourth-order valence-corrected chi connectivity index (χ4v) is 2.63. The third kappa shape index (κ3) is 5.46. The molecule has 1 heterocycles. The largest absolute Gasteiger partial charge is 0.466 e. The van der Waals surface area contributed by atoms with Gasteiger partial charge in [0.05, 0.1) is 12.2 Å². The highest BCUT2D eigenvalue weighted by Gasteiger charge is 2.21. The van der Waals surface area contributed by atoms with E-state index >= 15 is 0 Å². The van der Waals surface area contributed by atoms with Gasteiger partial charge in [-0.3, -0.25) is 9.59 Å². The van der Waals surface area contributed by atoms with E-state index in [0.717, 1.165) is 11.3 Å². The number of methoxy groups -OCH3 is 1. The molecule has 0 saturated heterocycles. The molecule has 0 atom stereocenters. The second kappa shape index (κ2) is 9.20. The van der Waals surface area contributed by atoms with Crippen LogP contribution in [-0.2, 0) is 9.53 Å². The Kier molecular flexibility index (Phi) is 6.97. The molecule has 26 heavy (non-hydrogen) atoms. The molecule has 0 radical (unpaired) electrons. The summed E-state index contributed by atoms with van der Waals surface area (Å²) in [6, 6.07) is 9.32. The van der Waals surface area contributed by atoms with Gasteiger partial charge >= 0.3 is 0 Å². The van der Waals surface area contributed by atoms with Crippen LogP contribution in [0.25, 0.3) is 0 Å². The Labute approximate surface area is 154 Å². The zero-order valence-electron chi connectivity index (χ0n) is 15.8. The predicted molar refractivity (Wildman–Crippen MR) is 100 cm³/mol. The van der Waals surface area contributed by atoms with Gasteiger partial charge in [-0.25, -0.2) is 0 Å². The van der Waals surface area contributed by atoms with Crippen molar-refractivity contribution in [1.82, 2.24) is 4.90 Å². The van der Waals surface area contributed by atoms with E-state index < -0.39 is 0 Å². The number of benzene rings is 1. The van der Waals surface area contributed by atoms with E-state index in [1.54, 1.807) is 31.9 Å². The zero-order chi connectivity index (χ0) is 19.1. The first-order valence-corrected chi connectivity index (χ1v) is 8.62.